The molecule has 0 unspecified atom stereocenters. The standard InChI is InChI=1S/C19H22N2O2S/c1-23-15-8-10-16(11-9-15)24-14-19(22)20-17-6-2-3-7-18(17)21-12-4-5-13-21/h2-3,6-11H,4-5,12-14H2,1H3,(H,20,22). The monoisotopic (exact) mass is 342 g/mol. The number of hydrogen-bond donors (Lipinski definition) is 1. The summed E-state index contributed by atoms with van der Waals surface area (Å²) in [6, 6.07) is 15.8. The lowest BCUT2D eigenvalue weighted by Crippen LogP contribution is -2.21. The van der Waals surface area contributed by atoms with E-state index >= 15 is 0 Å². The average molecular weight is 342 g/mol. The third-order valence-corrected chi connectivity index (χ3v) is 5.07. The van der Waals surface area contributed by atoms with Crippen LogP contribution >= 0.6 is 11.8 Å². The molecule has 5 heteroatoms. The summed E-state index contributed by atoms with van der Waals surface area (Å²) in [6.07, 6.45) is 2.44. The Morgan fingerprint density at radius 1 is 1.12 bits per heavy atom. The number of para-hydroxylation sites is 2. The van der Waals surface area contributed by atoms with Crippen LogP contribution in [0.25, 0.3) is 0 Å². The SMILES string of the molecule is COc1ccc(SCC(=O)Nc2ccccc2N2CCCC2)cc1. The number of thioether (sulfide) groups is 1. The molecule has 1 heterocycles. The van der Waals surface area contributed by atoms with E-state index in [9.17, 15) is 4.79 Å². The Morgan fingerprint density at radius 2 is 1.83 bits per heavy atom. The quantitative estimate of drug-likeness (QED) is 0.805. The highest BCUT2D eigenvalue weighted by atomic mass is 32.2. The lowest BCUT2D eigenvalue weighted by Gasteiger charge is -2.21. The number of hydrogen-bond acceptors (Lipinski definition) is 4. The molecule has 3 rings (SSSR count). The van der Waals surface area contributed by atoms with E-state index in [2.05, 4.69) is 16.3 Å². The molecule has 0 saturated carbocycles. The molecule has 1 N–H and O–H groups in total. The minimum absolute atomic E-state index is 0.0162. The van der Waals surface area contributed by atoms with Gasteiger partial charge in [0.2, 0.25) is 5.91 Å². The van der Waals surface area contributed by atoms with Gasteiger partial charge in [-0.15, -0.1) is 11.8 Å². The van der Waals surface area contributed by atoms with E-state index in [-0.39, 0.29) is 5.91 Å². The highest BCUT2D eigenvalue weighted by molar-refractivity contribution is 8.00. The molecule has 2 aromatic carbocycles. The third-order valence-electron chi connectivity index (χ3n) is 4.05. The van der Waals surface area contributed by atoms with Crippen molar-refractivity contribution in [3.05, 3.63) is 48.5 Å². The predicted octanol–water partition coefficient (Wildman–Crippen LogP) is 4.03. The molecule has 1 aliphatic rings. The van der Waals surface area contributed by atoms with Crippen molar-refractivity contribution in [2.24, 2.45) is 0 Å². The number of methoxy groups -OCH3 is 1. The van der Waals surface area contributed by atoms with Crippen molar-refractivity contribution >= 4 is 29.0 Å². The number of benzene rings is 2. The minimum atomic E-state index is 0.0162. The number of anilines is 2. The Kier molecular flexibility index (Phi) is 5.64. The van der Waals surface area contributed by atoms with Crippen LogP contribution < -0.4 is 15.0 Å². The largest absolute Gasteiger partial charge is 0.497 e. The number of ether oxygens (including phenoxy) is 1. The normalized spacial score (nSPS) is 13.8. The molecular formula is C19H22N2O2S. The van der Waals surface area contributed by atoms with E-state index in [0.29, 0.717) is 5.75 Å². The maximum Gasteiger partial charge on any atom is 0.234 e. The molecule has 0 aliphatic carbocycles. The second-order valence-electron chi connectivity index (χ2n) is 5.72. The van der Waals surface area contributed by atoms with Gasteiger partial charge in [0, 0.05) is 18.0 Å². The van der Waals surface area contributed by atoms with Crippen LogP contribution in [-0.4, -0.2) is 31.9 Å². The summed E-state index contributed by atoms with van der Waals surface area (Å²) in [6.45, 7) is 2.13. The smallest absolute Gasteiger partial charge is 0.234 e. The molecule has 0 radical (unpaired) electrons. The van der Waals surface area contributed by atoms with Crippen LogP contribution in [-0.2, 0) is 4.79 Å². The van der Waals surface area contributed by atoms with E-state index in [1.54, 1.807) is 7.11 Å². The molecule has 1 fully saturated rings. The number of nitrogens with one attached hydrogen (secondary N) is 1. The third kappa shape index (κ3) is 4.23. The van der Waals surface area contributed by atoms with Crippen molar-refractivity contribution in [1.82, 2.24) is 0 Å². The summed E-state index contributed by atoms with van der Waals surface area (Å²) in [5.74, 6) is 1.23. The van der Waals surface area contributed by atoms with Gasteiger partial charge in [-0.2, -0.15) is 0 Å². The van der Waals surface area contributed by atoms with Gasteiger partial charge >= 0.3 is 0 Å². The number of rotatable bonds is 6. The summed E-state index contributed by atoms with van der Waals surface area (Å²) >= 11 is 1.52. The van der Waals surface area contributed by atoms with Gasteiger partial charge in [-0.25, -0.2) is 0 Å². The first kappa shape index (κ1) is 16.7. The zero-order valence-corrected chi connectivity index (χ0v) is 14.6. The number of nitrogens with zero attached hydrogens (tertiary/aromatic N) is 1. The van der Waals surface area contributed by atoms with Gasteiger partial charge < -0.3 is 15.0 Å². The van der Waals surface area contributed by atoms with Crippen molar-refractivity contribution in [2.75, 3.05) is 36.2 Å². The summed E-state index contributed by atoms with van der Waals surface area (Å²) in [5, 5.41) is 3.05. The molecule has 0 spiro atoms. The van der Waals surface area contributed by atoms with E-state index in [1.807, 2.05) is 42.5 Å². The van der Waals surface area contributed by atoms with Gasteiger partial charge in [-0.3, -0.25) is 4.79 Å². The van der Waals surface area contributed by atoms with Crippen LogP contribution in [0.2, 0.25) is 0 Å². The molecule has 1 amide bonds. The van der Waals surface area contributed by atoms with Crippen molar-refractivity contribution < 1.29 is 9.53 Å². The fourth-order valence-corrected chi connectivity index (χ4v) is 3.52. The molecule has 0 bridgehead atoms. The van der Waals surface area contributed by atoms with Crippen LogP contribution in [0.1, 0.15) is 12.8 Å². The molecular weight excluding hydrogens is 320 g/mol. The highest BCUT2D eigenvalue weighted by Crippen LogP contribution is 2.29. The van der Waals surface area contributed by atoms with Crippen LogP contribution in [0.5, 0.6) is 5.75 Å². The predicted molar refractivity (Wildman–Crippen MR) is 100 cm³/mol. The zero-order chi connectivity index (χ0) is 16.8. The molecule has 2 aromatic rings. The Balaban J connectivity index is 1.58. The second kappa shape index (κ2) is 8.11. The van der Waals surface area contributed by atoms with Crippen LogP contribution in [0.4, 0.5) is 11.4 Å². The maximum atomic E-state index is 12.3. The zero-order valence-electron chi connectivity index (χ0n) is 13.8. The van der Waals surface area contributed by atoms with E-state index in [4.69, 9.17) is 4.74 Å². The fourth-order valence-electron chi connectivity index (χ4n) is 2.82. The second-order valence-corrected chi connectivity index (χ2v) is 6.77. The van der Waals surface area contributed by atoms with Gasteiger partial charge in [0.25, 0.3) is 0 Å². The topological polar surface area (TPSA) is 41.6 Å². The first-order valence-electron chi connectivity index (χ1n) is 8.17. The van der Waals surface area contributed by atoms with Gasteiger partial charge in [0.15, 0.2) is 0 Å². The van der Waals surface area contributed by atoms with Gasteiger partial charge in [0.05, 0.1) is 24.2 Å². The van der Waals surface area contributed by atoms with Gasteiger partial charge in [-0.05, 0) is 49.2 Å². The van der Waals surface area contributed by atoms with E-state index in [1.165, 1.54) is 24.6 Å². The summed E-state index contributed by atoms with van der Waals surface area (Å²) < 4.78 is 5.14. The summed E-state index contributed by atoms with van der Waals surface area (Å²) in [4.78, 5) is 15.7. The van der Waals surface area contributed by atoms with Crippen molar-refractivity contribution in [2.45, 2.75) is 17.7 Å². The Morgan fingerprint density at radius 3 is 2.54 bits per heavy atom. The summed E-state index contributed by atoms with van der Waals surface area (Å²) in [5.41, 5.74) is 2.03. The Hall–Kier alpha value is -2.14. The first-order chi connectivity index (χ1) is 11.8. The highest BCUT2D eigenvalue weighted by Gasteiger charge is 2.16. The summed E-state index contributed by atoms with van der Waals surface area (Å²) in [7, 11) is 1.65. The first-order valence-corrected chi connectivity index (χ1v) is 9.15. The Bertz CT molecular complexity index is 682. The average Bonchev–Trinajstić information content (AvgIpc) is 3.15. The molecule has 0 atom stereocenters. The minimum Gasteiger partial charge on any atom is -0.497 e. The maximum absolute atomic E-state index is 12.3. The lowest BCUT2D eigenvalue weighted by molar-refractivity contribution is -0.113. The van der Waals surface area contributed by atoms with Crippen LogP contribution in [0.3, 0.4) is 0 Å². The van der Waals surface area contributed by atoms with Crippen LogP contribution in [0.15, 0.2) is 53.4 Å². The molecule has 1 aliphatic heterocycles. The molecule has 0 aromatic heterocycles. The number of carbonyl (C=O) groups excluding carboxylic acids is 1. The molecule has 24 heavy (non-hydrogen) atoms. The van der Waals surface area contributed by atoms with Gasteiger partial charge in [-0.1, -0.05) is 12.1 Å². The lowest BCUT2D eigenvalue weighted by atomic mass is 10.2. The van der Waals surface area contributed by atoms with E-state index in [0.717, 1.165) is 35.1 Å². The molecule has 126 valence electrons. The number of carbonyl (C=O) groups is 1. The van der Waals surface area contributed by atoms with Crippen molar-refractivity contribution in [1.29, 1.82) is 0 Å². The van der Waals surface area contributed by atoms with Crippen LogP contribution in [0, 0.1) is 0 Å². The van der Waals surface area contributed by atoms with Crippen molar-refractivity contribution in [3.63, 3.8) is 0 Å². The van der Waals surface area contributed by atoms with E-state index < -0.39 is 0 Å². The van der Waals surface area contributed by atoms with Gasteiger partial charge in [0.1, 0.15) is 5.75 Å². The molecule has 4 nitrogen and oxygen atoms in total. The molecule has 1 saturated heterocycles. The number of amides is 1. The van der Waals surface area contributed by atoms with Crippen molar-refractivity contribution in [3.8, 4) is 5.75 Å². The fraction of sp³-hybridized carbons (Fsp3) is 0.316. The Labute approximate surface area is 147 Å².